The summed E-state index contributed by atoms with van der Waals surface area (Å²) in [6.45, 7) is 3.47. The summed E-state index contributed by atoms with van der Waals surface area (Å²) in [6.07, 6.45) is 0.252. The maximum absolute atomic E-state index is 15.4. The molecule has 9 heteroatoms. The molecule has 1 unspecified atom stereocenters. The fourth-order valence-electron chi connectivity index (χ4n) is 4.65. The monoisotopic (exact) mass is 564 g/mol. The molecule has 0 bridgehead atoms. The first-order valence-corrected chi connectivity index (χ1v) is 13.6. The highest BCUT2D eigenvalue weighted by molar-refractivity contribution is 7.10. The number of benzene rings is 3. The van der Waals surface area contributed by atoms with Crippen molar-refractivity contribution in [3.8, 4) is 21.6 Å². The average molecular weight is 565 g/mol. The Balaban J connectivity index is 1.34. The molecule has 1 aliphatic rings. The van der Waals surface area contributed by atoms with E-state index in [0.29, 0.717) is 38.0 Å². The lowest BCUT2D eigenvalue weighted by Crippen LogP contribution is -2.21. The van der Waals surface area contributed by atoms with E-state index in [0.717, 1.165) is 35.5 Å². The van der Waals surface area contributed by atoms with Gasteiger partial charge in [-0.25, -0.2) is 9.18 Å². The number of aryl methyl sites for hydroxylation is 1. The standard InChI is InChI=1S/C30H26ClFN2O4S/c1-17-26(33-29(36)38-18(2)22-6-4-5-7-24(22)31)27(39-34-17)23-13-10-20(16-25(23)32)19-8-11-21(12-9-19)30(14-15-30)28(35)37-3/h4-13,16,18H,14-15H2,1-3H3,(H,33,36). The van der Waals surface area contributed by atoms with E-state index in [1.54, 1.807) is 38.1 Å². The Morgan fingerprint density at radius 1 is 1.08 bits per heavy atom. The number of esters is 1. The second-order valence-corrected chi connectivity index (χ2v) is 10.7. The molecule has 3 aromatic carbocycles. The van der Waals surface area contributed by atoms with Crippen molar-refractivity contribution in [2.45, 2.75) is 38.2 Å². The van der Waals surface area contributed by atoms with Crippen LogP contribution in [0.5, 0.6) is 0 Å². The molecule has 1 atom stereocenters. The molecule has 1 N–H and O–H groups in total. The lowest BCUT2D eigenvalue weighted by molar-refractivity contribution is -0.143. The summed E-state index contributed by atoms with van der Waals surface area (Å²) < 4.78 is 30.2. The number of rotatable bonds is 7. The second kappa shape index (κ2) is 10.8. The van der Waals surface area contributed by atoms with Crippen LogP contribution in [-0.4, -0.2) is 23.5 Å². The Morgan fingerprint density at radius 2 is 1.77 bits per heavy atom. The molecule has 1 fully saturated rings. The Hall–Kier alpha value is -3.75. The predicted octanol–water partition coefficient (Wildman–Crippen LogP) is 8.09. The lowest BCUT2D eigenvalue weighted by atomic mass is 9.93. The summed E-state index contributed by atoms with van der Waals surface area (Å²) in [5, 5.41) is 3.23. The number of nitrogens with one attached hydrogen (secondary N) is 1. The van der Waals surface area contributed by atoms with E-state index >= 15 is 4.39 Å². The number of carbonyl (C=O) groups is 2. The molecule has 5 rings (SSSR count). The fraction of sp³-hybridized carbons (Fsp3) is 0.233. The van der Waals surface area contributed by atoms with Crippen LogP contribution in [0.2, 0.25) is 5.02 Å². The third-order valence-corrected chi connectivity index (χ3v) is 8.34. The van der Waals surface area contributed by atoms with Crippen LogP contribution in [-0.2, 0) is 19.7 Å². The van der Waals surface area contributed by atoms with Crippen molar-refractivity contribution in [1.82, 2.24) is 4.37 Å². The lowest BCUT2D eigenvalue weighted by Gasteiger charge is -2.16. The summed E-state index contributed by atoms with van der Waals surface area (Å²) >= 11 is 7.31. The molecule has 200 valence electrons. The zero-order chi connectivity index (χ0) is 27.7. The van der Waals surface area contributed by atoms with Gasteiger partial charge in [0.25, 0.3) is 0 Å². The van der Waals surface area contributed by atoms with E-state index in [1.807, 2.05) is 36.4 Å². The molecule has 39 heavy (non-hydrogen) atoms. The fourth-order valence-corrected chi connectivity index (χ4v) is 5.82. The van der Waals surface area contributed by atoms with Gasteiger partial charge in [-0.1, -0.05) is 60.1 Å². The smallest absolute Gasteiger partial charge is 0.412 e. The Labute approximate surface area is 234 Å². The van der Waals surface area contributed by atoms with Crippen molar-refractivity contribution in [3.05, 3.63) is 94.4 Å². The van der Waals surface area contributed by atoms with Gasteiger partial charge in [0.1, 0.15) is 11.9 Å². The van der Waals surface area contributed by atoms with Crippen LogP contribution in [0, 0.1) is 12.7 Å². The molecule has 1 saturated carbocycles. The van der Waals surface area contributed by atoms with Gasteiger partial charge >= 0.3 is 12.1 Å². The van der Waals surface area contributed by atoms with Gasteiger partial charge < -0.3 is 9.47 Å². The number of ether oxygens (including phenoxy) is 2. The molecule has 0 radical (unpaired) electrons. The molecule has 1 aromatic heterocycles. The van der Waals surface area contributed by atoms with Gasteiger partial charge in [-0.2, -0.15) is 4.37 Å². The zero-order valence-corrected chi connectivity index (χ0v) is 23.2. The molecule has 0 spiro atoms. The van der Waals surface area contributed by atoms with E-state index in [1.165, 1.54) is 13.2 Å². The number of anilines is 1. The van der Waals surface area contributed by atoms with Crippen LogP contribution in [0.25, 0.3) is 21.6 Å². The highest BCUT2D eigenvalue weighted by Gasteiger charge is 2.52. The minimum Gasteiger partial charge on any atom is -0.468 e. The summed E-state index contributed by atoms with van der Waals surface area (Å²) in [7, 11) is 1.40. The maximum atomic E-state index is 15.4. The van der Waals surface area contributed by atoms with Gasteiger partial charge in [0.05, 0.1) is 28.8 Å². The SMILES string of the molecule is COC(=O)C1(c2ccc(-c3ccc(-c4snc(C)c4NC(=O)OC(C)c4ccccc4Cl)c(F)c3)cc2)CC1. The van der Waals surface area contributed by atoms with Crippen LogP contribution in [0.15, 0.2) is 66.7 Å². The second-order valence-electron chi connectivity index (χ2n) is 9.51. The average Bonchev–Trinajstić information content (AvgIpc) is 3.67. The highest BCUT2D eigenvalue weighted by Crippen LogP contribution is 2.49. The van der Waals surface area contributed by atoms with E-state index in [4.69, 9.17) is 21.1 Å². The van der Waals surface area contributed by atoms with Crippen LogP contribution in [0.3, 0.4) is 0 Å². The van der Waals surface area contributed by atoms with Gasteiger partial charge in [0.2, 0.25) is 0 Å². The summed E-state index contributed by atoms with van der Waals surface area (Å²) in [4.78, 5) is 25.4. The predicted molar refractivity (Wildman–Crippen MR) is 151 cm³/mol. The van der Waals surface area contributed by atoms with Crippen molar-refractivity contribution < 1.29 is 23.5 Å². The minimum absolute atomic E-state index is 0.225. The van der Waals surface area contributed by atoms with Crippen molar-refractivity contribution in [2.24, 2.45) is 0 Å². The normalized spacial score (nSPS) is 14.4. The number of nitrogens with zero attached hydrogens (tertiary/aromatic N) is 1. The largest absolute Gasteiger partial charge is 0.468 e. The number of hydrogen-bond donors (Lipinski definition) is 1. The van der Waals surface area contributed by atoms with Crippen LogP contribution < -0.4 is 5.32 Å². The number of methoxy groups -OCH3 is 1. The number of amides is 1. The molecule has 1 heterocycles. The Bertz CT molecular complexity index is 1550. The minimum atomic E-state index is -0.690. The first-order chi connectivity index (χ1) is 18.7. The quantitative estimate of drug-likeness (QED) is 0.229. The molecule has 4 aromatic rings. The number of carbonyl (C=O) groups excluding carboxylic acids is 2. The van der Waals surface area contributed by atoms with Gasteiger partial charge in [0, 0.05) is 16.1 Å². The molecule has 1 amide bonds. The molecular formula is C30H26ClFN2O4S. The molecular weight excluding hydrogens is 539 g/mol. The van der Waals surface area contributed by atoms with Gasteiger partial charge in [-0.05, 0) is 73.1 Å². The van der Waals surface area contributed by atoms with E-state index < -0.39 is 23.4 Å². The van der Waals surface area contributed by atoms with E-state index in [9.17, 15) is 9.59 Å². The first-order valence-electron chi connectivity index (χ1n) is 12.4. The van der Waals surface area contributed by atoms with E-state index in [2.05, 4.69) is 9.69 Å². The molecule has 0 aliphatic heterocycles. The summed E-state index contributed by atoms with van der Waals surface area (Å²) in [5.74, 6) is -0.675. The third kappa shape index (κ3) is 5.27. The Morgan fingerprint density at radius 3 is 2.41 bits per heavy atom. The van der Waals surface area contributed by atoms with Crippen molar-refractivity contribution in [1.29, 1.82) is 0 Å². The zero-order valence-electron chi connectivity index (χ0n) is 21.6. The molecule has 6 nitrogen and oxygen atoms in total. The summed E-state index contributed by atoms with van der Waals surface area (Å²) in [6, 6.07) is 19.6. The third-order valence-electron chi connectivity index (χ3n) is 7.03. The van der Waals surface area contributed by atoms with Crippen LogP contribution >= 0.6 is 23.1 Å². The van der Waals surface area contributed by atoms with Gasteiger partial charge in [-0.3, -0.25) is 10.1 Å². The number of hydrogen-bond acceptors (Lipinski definition) is 6. The number of halogens is 2. The summed E-state index contributed by atoms with van der Waals surface area (Å²) in [5.41, 5.74) is 3.81. The molecule has 1 aliphatic carbocycles. The van der Waals surface area contributed by atoms with Gasteiger partial charge in [-0.15, -0.1) is 0 Å². The maximum Gasteiger partial charge on any atom is 0.412 e. The van der Waals surface area contributed by atoms with Crippen molar-refractivity contribution >= 4 is 40.9 Å². The number of aromatic nitrogens is 1. The topological polar surface area (TPSA) is 77.5 Å². The highest BCUT2D eigenvalue weighted by atomic mass is 35.5. The molecule has 0 saturated heterocycles. The first kappa shape index (κ1) is 26.8. The van der Waals surface area contributed by atoms with Crippen LogP contribution in [0.1, 0.15) is 42.7 Å². The van der Waals surface area contributed by atoms with Crippen molar-refractivity contribution in [2.75, 3.05) is 12.4 Å². The van der Waals surface area contributed by atoms with Gasteiger partial charge in [0.15, 0.2) is 0 Å². The van der Waals surface area contributed by atoms with Crippen LogP contribution in [0.4, 0.5) is 14.9 Å². The Kier molecular flexibility index (Phi) is 7.42. The van der Waals surface area contributed by atoms with E-state index in [-0.39, 0.29) is 5.97 Å². The van der Waals surface area contributed by atoms with Crippen molar-refractivity contribution in [3.63, 3.8) is 0 Å².